The number of aromatic nitrogens is 1. The van der Waals surface area contributed by atoms with E-state index in [1.807, 2.05) is 0 Å². The van der Waals surface area contributed by atoms with Gasteiger partial charge in [-0.25, -0.2) is 4.98 Å². The summed E-state index contributed by atoms with van der Waals surface area (Å²) in [6.07, 6.45) is 1.57. The van der Waals surface area contributed by atoms with Crippen LogP contribution in [-0.2, 0) is 21.4 Å². The smallest absolute Gasteiger partial charge is 0.263 e. The van der Waals surface area contributed by atoms with E-state index >= 15 is 0 Å². The number of carbonyl (C=O) groups is 1. The molecule has 0 aliphatic carbocycles. The van der Waals surface area contributed by atoms with E-state index in [0.717, 1.165) is 21.7 Å². The van der Waals surface area contributed by atoms with Crippen molar-refractivity contribution >= 4 is 17.2 Å². The highest BCUT2D eigenvalue weighted by molar-refractivity contribution is 7.13. The summed E-state index contributed by atoms with van der Waals surface area (Å²) in [7, 11) is 0. The summed E-state index contributed by atoms with van der Waals surface area (Å²) >= 11 is 1.45. The third-order valence-electron chi connectivity index (χ3n) is 6.03. The first kappa shape index (κ1) is 22.9. The molecule has 1 unspecified atom stereocenters. The number of benzene rings is 1. The molecule has 1 aliphatic rings. The maximum atomic E-state index is 12.5. The van der Waals surface area contributed by atoms with Gasteiger partial charge in [-0.2, -0.15) is 0 Å². The van der Waals surface area contributed by atoms with Gasteiger partial charge in [0.1, 0.15) is 11.0 Å². The van der Waals surface area contributed by atoms with Crippen LogP contribution < -0.4 is 5.32 Å². The van der Waals surface area contributed by atoms with Crippen molar-refractivity contribution in [2.24, 2.45) is 0 Å². The molecular formula is C24H34N2O3S. The maximum Gasteiger partial charge on any atom is 0.263 e. The second-order valence-electron chi connectivity index (χ2n) is 10.1. The fourth-order valence-corrected chi connectivity index (χ4v) is 4.15. The number of nitrogens with one attached hydrogen (secondary N) is 1. The molecule has 2 aromatic rings. The van der Waals surface area contributed by atoms with Crippen LogP contribution in [0.2, 0.25) is 0 Å². The third kappa shape index (κ3) is 4.76. The fourth-order valence-electron chi connectivity index (χ4n) is 3.26. The van der Waals surface area contributed by atoms with Crippen LogP contribution in [0, 0.1) is 6.92 Å². The highest BCUT2D eigenvalue weighted by Gasteiger charge is 2.45. The largest absolute Gasteiger partial charge is 0.370 e. The van der Waals surface area contributed by atoms with Crippen molar-refractivity contribution in [3.63, 3.8) is 0 Å². The summed E-state index contributed by atoms with van der Waals surface area (Å²) in [5.74, 6) is -0.0838. The Kier molecular flexibility index (Phi) is 6.16. The highest BCUT2D eigenvalue weighted by Crippen LogP contribution is 2.40. The van der Waals surface area contributed by atoms with Crippen molar-refractivity contribution in [1.29, 1.82) is 0 Å². The molecule has 0 spiro atoms. The topological polar surface area (TPSA) is 60.5 Å². The van der Waals surface area contributed by atoms with E-state index in [2.05, 4.69) is 83.9 Å². The number of carbonyl (C=O) groups excluding carboxylic acids is 1. The number of amides is 1. The van der Waals surface area contributed by atoms with Crippen molar-refractivity contribution in [1.82, 2.24) is 10.3 Å². The summed E-state index contributed by atoms with van der Waals surface area (Å²) in [6.45, 7) is 17.6. The second kappa shape index (κ2) is 8.06. The molecule has 1 aromatic heterocycles. The molecule has 1 N–H and O–H groups in total. The van der Waals surface area contributed by atoms with Crippen LogP contribution in [0.15, 0.2) is 24.4 Å². The average molecular weight is 431 g/mol. The Labute approximate surface area is 184 Å². The average Bonchev–Trinajstić information content (AvgIpc) is 3.13. The summed E-state index contributed by atoms with van der Waals surface area (Å²) < 4.78 is 12.4. The fraction of sp³-hybridized carbons (Fsp3) is 0.583. The summed E-state index contributed by atoms with van der Waals surface area (Å²) in [6, 6.07) is 6.27. The molecule has 0 bridgehead atoms. The summed E-state index contributed by atoms with van der Waals surface area (Å²) in [5.41, 5.74) is 2.55. The summed E-state index contributed by atoms with van der Waals surface area (Å²) in [5, 5.41) is 3.99. The number of thiazole rings is 1. The van der Waals surface area contributed by atoms with Gasteiger partial charge in [0.15, 0.2) is 0 Å². The monoisotopic (exact) mass is 430 g/mol. The SMILES string of the molecule is Cc1cc(C2COC(C)(C)C(C)(C)O2)ccc1CNC(=O)c1cnc(C(C)(C)C)s1. The van der Waals surface area contributed by atoms with Gasteiger partial charge in [0.25, 0.3) is 5.91 Å². The van der Waals surface area contributed by atoms with Crippen molar-refractivity contribution < 1.29 is 14.3 Å². The number of ether oxygens (including phenoxy) is 2. The lowest BCUT2D eigenvalue weighted by Crippen LogP contribution is -2.54. The van der Waals surface area contributed by atoms with E-state index in [9.17, 15) is 4.79 Å². The van der Waals surface area contributed by atoms with E-state index < -0.39 is 0 Å². The first-order chi connectivity index (χ1) is 13.8. The molecule has 2 heterocycles. The van der Waals surface area contributed by atoms with Crippen molar-refractivity contribution in [2.45, 2.75) is 84.7 Å². The molecule has 0 radical (unpaired) electrons. The van der Waals surface area contributed by atoms with Crippen LogP contribution in [0.25, 0.3) is 0 Å². The molecule has 1 saturated heterocycles. The predicted octanol–water partition coefficient (Wildman–Crippen LogP) is 5.32. The zero-order valence-corrected chi connectivity index (χ0v) is 20.2. The molecule has 30 heavy (non-hydrogen) atoms. The van der Waals surface area contributed by atoms with Gasteiger partial charge in [-0.1, -0.05) is 39.0 Å². The standard InChI is InChI=1S/C24H34N2O3S/c1-15-11-16(18-14-28-23(5,6)24(7,8)29-18)9-10-17(15)12-25-20(27)19-13-26-21(30-19)22(2,3)4/h9-11,13,18H,12,14H2,1-8H3,(H,25,27). The minimum Gasteiger partial charge on any atom is -0.370 e. The first-order valence-corrected chi connectivity index (χ1v) is 11.3. The van der Waals surface area contributed by atoms with Gasteiger partial charge in [-0.05, 0) is 51.3 Å². The predicted molar refractivity (Wildman–Crippen MR) is 121 cm³/mol. The third-order valence-corrected chi connectivity index (χ3v) is 7.45. The van der Waals surface area contributed by atoms with Gasteiger partial charge in [0, 0.05) is 12.0 Å². The van der Waals surface area contributed by atoms with E-state index in [1.54, 1.807) is 6.20 Å². The van der Waals surface area contributed by atoms with Crippen LogP contribution in [0.1, 0.15) is 85.9 Å². The van der Waals surface area contributed by atoms with Crippen molar-refractivity contribution in [3.8, 4) is 0 Å². The number of nitrogens with zero attached hydrogens (tertiary/aromatic N) is 1. The van der Waals surface area contributed by atoms with E-state index in [1.165, 1.54) is 11.3 Å². The summed E-state index contributed by atoms with van der Waals surface area (Å²) in [4.78, 5) is 17.6. The van der Waals surface area contributed by atoms with Gasteiger partial charge in [0.05, 0.1) is 29.0 Å². The minimum absolute atomic E-state index is 0.0513. The van der Waals surface area contributed by atoms with Gasteiger partial charge in [0.2, 0.25) is 0 Å². The molecule has 1 aromatic carbocycles. The molecule has 3 rings (SSSR count). The van der Waals surface area contributed by atoms with Gasteiger partial charge in [-0.15, -0.1) is 11.3 Å². The number of rotatable bonds is 4. The van der Waals surface area contributed by atoms with E-state index in [-0.39, 0.29) is 28.6 Å². The molecule has 1 aliphatic heterocycles. The van der Waals surface area contributed by atoms with Crippen LogP contribution in [-0.4, -0.2) is 28.7 Å². The zero-order valence-electron chi connectivity index (χ0n) is 19.4. The Morgan fingerprint density at radius 1 is 1.23 bits per heavy atom. The van der Waals surface area contributed by atoms with Gasteiger partial charge < -0.3 is 14.8 Å². The first-order valence-electron chi connectivity index (χ1n) is 10.5. The zero-order chi connectivity index (χ0) is 22.3. The molecule has 1 fully saturated rings. The Balaban J connectivity index is 1.65. The quantitative estimate of drug-likeness (QED) is 0.713. The van der Waals surface area contributed by atoms with Gasteiger partial charge >= 0.3 is 0 Å². The molecule has 5 nitrogen and oxygen atoms in total. The molecule has 1 amide bonds. The van der Waals surface area contributed by atoms with Crippen LogP contribution in [0.4, 0.5) is 0 Å². The molecular weight excluding hydrogens is 396 g/mol. The molecule has 164 valence electrons. The van der Waals surface area contributed by atoms with Crippen LogP contribution >= 0.6 is 11.3 Å². The Bertz CT molecular complexity index is 925. The maximum absolute atomic E-state index is 12.5. The van der Waals surface area contributed by atoms with Gasteiger partial charge in [-0.3, -0.25) is 4.79 Å². The Morgan fingerprint density at radius 3 is 2.50 bits per heavy atom. The van der Waals surface area contributed by atoms with E-state index in [0.29, 0.717) is 18.0 Å². The van der Waals surface area contributed by atoms with Crippen molar-refractivity contribution in [3.05, 3.63) is 51.0 Å². The van der Waals surface area contributed by atoms with Crippen molar-refractivity contribution in [2.75, 3.05) is 6.61 Å². The lowest BCUT2D eigenvalue weighted by molar-refractivity contribution is -0.265. The highest BCUT2D eigenvalue weighted by atomic mass is 32.1. The molecule has 6 heteroatoms. The Morgan fingerprint density at radius 2 is 1.93 bits per heavy atom. The Hall–Kier alpha value is -1.76. The number of hydrogen-bond donors (Lipinski definition) is 1. The molecule has 0 saturated carbocycles. The second-order valence-corrected chi connectivity index (χ2v) is 11.1. The lowest BCUT2D eigenvalue weighted by Gasteiger charge is -2.48. The lowest BCUT2D eigenvalue weighted by atomic mass is 9.87. The van der Waals surface area contributed by atoms with Crippen LogP contribution in [0.5, 0.6) is 0 Å². The number of aryl methyl sites for hydroxylation is 1. The normalized spacial score (nSPS) is 20.7. The number of hydrogen-bond acceptors (Lipinski definition) is 5. The van der Waals surface area contributed by atoms with Crippen LogP contribution in [0.3, 0.4) is 0 Å². The van der Waals surface area contributed by atoms with E-state index in [4.69, 9.17) is 9.47 Å². The minimum atomic E-state index is -0.378. The molecule has 1 atom stereocenters.